The summed E-state index contributed by atoms with van der Waals surface area (Å²) < 4.78 is 10.9. The molecule has 0 saturated carbocycles. The number of carbonyl (C=O) groups is 2. The highest BCUT2D eigenvalue weighted by atomic mass is 16.4. The summed E-state index contributed by atoms with van der Waals surface area (Å²) >= 11 is 0. The molecule has 2 aromatic heterocycles. The summed E-state index contributed by atoms with van der Waals surface area (Å²) in [6, 6.07) is 6.74. The maximum atomic E-state index is 12.4. The Morgan fingerprint density at radius 3 is 2.12 bits per heavy atom. The Kier molecular flexibility index (Phi) is 5.84. The smallest absolute Gasteiger partial charge is 0.289 e. The van der Waals surface area contributed by atoms with E-state index in [2.05, 4.69) is 5.32 Å². The van der Waals surface area contributed by atoms with Crippen molar-refractivity contribution < 1.29 is 18.4 Å². The Morgan fingerprint density at radius 2 is 1.58 bits per heavy atom. The van der Waals surface area contributed by atoms with E-state index in [1.807, 2.05) is 20.8 Å². The average molecular weight is 332 g/mol. The molecule has 0 saturated heterocycles. The third kappa shape index (κ3) is 4.07. The van der Waals surface area contributed by atoms with E-state index in [1.54, 1.807) is 36.2 Å². The van der Waals surface area contributed by atoms with Crippen molar-refractivity contribution in [2.75, 3.05) is 13.6 Å². The van der Waals surface area contributed by atoms with Gasteiger partial charge in [0.05, 0.1) is 0 Å². The van der Waals surface area contributed by atoms with E-state index < -0.39 is 0 Å². The fourth-order valence-corrected chi connectivity index (χ4v) is 2.21. The van der Waals surface area contributed by atoms with Gasteiger partial charge >= 0.3 is 0 Å². The van der Waals surface area contributed by atoms with Gasteiger partial charge in [0.15, 0.2) is 11.5 Å². The van der Waals surface area contributed by atoms with Crippen LogP contribution < -0.4 is 5.32 Å². The predicted molar refractivity (Wildman–Crippen MR) is 90.1 cm³/mol. The van der Waals surface area contributed by atoms with Crippen LogP contribution in [0.5, 0.6) is 0 Å². The Morgan fingerprint density at radius 1 is 1.04 bits per heavy atom. The van der Waals surface area contributed by atoms with Gasteiger partial charge in [-0.05, 0) is 31.2 Å². The number of hydrogen-bond acceptors (Lipinski definition) is 4. The minimum absolute atomic E-state index is 0.183. The zero-order chi connectivity index (χ0) is 17.7. The maximum Gasteiger partial charge on any atom is 0.289 e. The number of likely N-dealkylation sites (N-methyl/N-ethyl adjacent to an activating group) is 1. The number of carbonyl (C=O) groups excluding carboxylic acids is 2. The lowest BCUT2D eigenvalue weighted by Crippen LogP contribution is -2.43. The molecule has 130 valence electrons. The Balaban J connectivity index is 1.89. The van der Waals surface area contributed by atoms with Gasteiger partial charge in [0.25, 0.3) is 11.8 Å². The molecule has 2 heterocycles. The van der Waals surface area contributed by atoms with Crippen LogP contribution in [0.1, 0.15) is 53.4 Å². The van der Waals surface area contributed by atoms with Crippen LogP contribution in [0, 0.1) is 0 Å². The van der Waals surface area contributed by atoms with Crippen molar-refractivity contribution in [1.82, 2.24) is 10.2 Å². The van der Waals surface area contributed by atoms with Crippen molar-refractivity contribution >= 4 is 11.8 Å². The van der Waals surface area contributed by atoms with Gasteiger partial charge in [-0.15, -0.1) is 0 Å². The Hall–Kier alpha value is -2.50. The molecule has 0 aliphatic heterocycles. The molecule has 1 N–H and O–H groups in total. The Labute approximate surface area is 141 Å². The third-order valence-corrected chi connectivity index (χ3v) is 3.99. The van der Waals surface area contributed by atoms with Crippen LogP contribution in [0.2, 0.25) is 0 Å². The first-order valence-corrected chi connectivity index (χ1v) is 8.19. The monoisotopic (exact) mass is 332 g/mol. The second-order valence-electron chi connectivity index (χ2n) is 5.71. The van der Waals surface area contributed by atoms with E-state index in [0.29, 0.717) is 12.3 Å². The average Bonchev–Trinajstić information content (AvgIpc) is 3.26. The van der Waals surface area contributed by atoms with Crippen molar-refractivity contribution in [3.63, 3.8) is 0 Å². The van der Waals surface area contributed by atoms with E-state index in [4.69, 9.17) is 8.83 Å². The molecule has 6 nitrogen and oxygen atoms in total. The lowest BCUT2D eigenvalue weighted by Gasteiger charge is -2.24. The molecule has 1 atom stereocenters. The number of furan rings is 2. The molecule has 0 aliphatic carbocycles. The molecular formula is C18H24N2O4. The van der Waals surface area contributed by atoms with E-state index in [9.17, 15) is 9.59 Å². The van der Waals surface area contributed by atoms with Crippen LogP contribution in [0.25, 0.3) is 0 Å². The molecule has 0 fully saturated rings. The van der Waals surface area contributed by atoms with Gasteiger partial charge in [-0.25, -0.2) is 0 Å². The molecule has 2 rings (SSSR count). The highest BCUT2D eigenvalue weighted by Gasteiger charge is 2.21. The molecule has 2 aromatic rings. The summed E-state index contributed by atoms with van der Waals surface area (Å²) in [7, 11) is 1.69. The van der Waals surface area contributed by atoms with E-state index >= 15 is 0 Å². The zero-order valence-electron chi connectivity index (χ0n) is 14.6. The summed E-state index contributed by atoms with van der Waals surface area (Å²) in [5.74, 6) is 1.65. The molecule has 0 bridgehead atoms. The van der Waals surface area contributed by atoms with Gasteiger partial charge in [-0.2, -0.15) is 0 Å². The largest absolute Gasteiger partial charge is 0.456 e. The van der Waals surface area contributed by atoms with Crippen LogP contribution in [-0.2, 0) is 12.8 Å². The summed E-state index contributed by atoms with van der Waals surface area (Å²) in [6.45, 7) is 6.11. The van der Waals surface area contributed by atoms with Gasteiger partial charge in [-0.3, -0.25) is 9.59 Å². The molecule has 0 aliphatic rings. The quantitative estimate of drug-likeness (QED) is 0.846. The van der Waals surface area contributed by atoms with Crippen LogP contribution in [0.15, 0.2) is 33.1 Å². The van der Waals surface area contributed by atoms with Gasteiger partial charge in [-0.1, -0.05) is 13.8 Å². The minimum atomic E-state index is -0.284. The van der Waals surface area contributed by atoms with Crippen LogP contribution in [0.3, 0.4) is 0 Å². The number of nitrogens with zero attached hydrogens (tertiary/aromatic N) is 1. The lowest BCUT2D eigenvalue weighted by molar-refractivity contribution is 0.0697. The molecule has 0 radical (unpaired) electrons. The third-order valence-electron chi connectivity index (χ3n) is 3.99. The Bertz CT molecular complexity index is 701. The highest BCUT2D eigenvalue weighted by molar-refractivity contribution is 5.92. The molecular weight excluding hydrogens is 308 g/mol. The van der Waals surface area contributed by atoms with Crippen molar-refractivity contribution in [1.29, 1.82) is 0 Å². The molecule has 24 heavy (non-hydrogen) atoms. The number of amides is 2. The number of nitrogens with one attached hydrogen (secondary N) is 1. The summed E-state index contributed by atoms with van der Waals surface area (Å²) in [4.78, 5) is 26.0. The molecule has 2 amide bonds. The zero-order valence-corrected chi connectivity index (χ0v) is 14.6. The molecule has 6 heteroatoms. The standard InChI is InChI=1S/C18H24N2O4/c1-5-13-7-9-15(23-13)17(21)19-11-12(3)20(4)18(22)16-10-8-14(6-2)24-16/h7-10,12H,5-6,11H2,1-4H3,(H,19,21)/t12-/m0/s1. The van der Waals surface area contributed by atoms with Gasteiger partial charge in [0.2, 0.25) is 0 Å². The van der Waals surface area contributed by atoms with Crippen LogP contribution in [-0.4, -0.2) is 36.3 Å². The van der Waals surface area contributed by atoms with Crippen LogP contribution >= 0.6 is 0 Å². The first-order chi connectivity index (χ1) is 11.5. The molecule has 0 aromatic carbocycles. The SMILES string of the molecule is CCc1ccc(C(=O)NC[C@H](C)N(C)C(=O)c2ccc(CC)o2)o1. The molecule has 0 spiro atoms. The first-order valence-electron chi connectivity index (χ1n) is 8.19. The van der Waals surface area contributed by atoms with E-state index in [1.165, 1.54) is 0 Å². The fraction of sp³-hybridized carbons (Fsp3) is 0.444. The summed E-state index contributed by atoms with van der Waals surface area (Å²) in [6.07, 6.45) is 1.48. The fourth-order valence-electron chi connectivity index (χ4n) is 2.21. The van der Waals surface area contributed by atoms with Gasteiger partial charge in [0, 0.05) is 32.5 Å². The highest BCUT2D eigenvalue weighted by Crippen LogP contribution is 2.12. The number of aryl methyl sites for hydroxylation is 2. The summed E-state index contributed by atoms with van der Waals surface area (Å²) in [5.41, 5.74) is 0. The number of hydrogen-bond donors (Lipinski definition) is 1. The lowest BCUT2D eigenvalue weighted by atomic mass is 10.2. The topological polar surface area (TPSA) is 75.7 Å². The van der Waals surface area contributed by atoms with Crippen molar-refractivity contribution in [3.8, 4) is 0 Å². The van der Waals surface area contributed by atoms with Gasteiger partial charge < -0.3 is 19.1 Å². The van der Waals surface area contributed by atoms with Crippen molar-refractivity contribution in [2.45, 2.75) is 39.7 Å². The minimum Gasteiger partial charge on any atom is -0.456 e. The normalized spacial score (nSPS) is 12.0. The molecule has 0 unspecified atom stereocenters. The van der Waals surface area contributed by atoms with E-state index in [-0.39, 0.29) is 23.6 Å². The van der Waals surface area contributed by atoms with Crippen molar-refractivity contribution in [3.05, 3.63) is 47.3 Å². The van der Waals surface area contributed by atoms with E-state index in [0.717, 1.165) is 24.4 Å². The second kappa shape index (κ2) is 7.86. The van der Waals surface area contributed by atoms with Crippen molar-refractivity contribution in [2.24, 2.45) is 0 Å². The first kappa shape index (κ1) is 17.8. The maximum absolute atomic E-state index is 12.4. The van der Waals surface area contributed by atoms with Crippen LogP contribution in [0.4, 0.5) is 0 Å². The summed E-state index contributed by atoms with van der Waals surface area (Å²) in [5, 5.41) is 2.78. The second-order valence-corrected chi connectivity index (χ2v) is 5.71. The predicted octanol–water partition coefficient (Wildman–Crippen LogP) is 2.89. The number of rotatable bonds is 7. The van der Waals surface area contributed by atoms with Gasteiger partial charge in [0.1, 0.15) is 11.5 Å².